The van der Waals surface area contributed by atoms with E-state index in [-0.39, 0.29) is 0 Å². The Balaban J connectivity index is 2.55. The fraction of sp³-hybridized carbons (Fsp3) is 0.273. The quantitative estimate of drug-likeness (QED) is 0.391. The third kappa shape index (κ3) is 3.78. The zero-order valence-electron chi connectivity index (χ0n) is 8.22. The van der Waals surface area contributed by atoms with Gasteiger partial charge in [0.2, 0.25) is 0 Å². The molecule has 0 atom stereocenters. The van der Waals surface area contributed by atoms with E-state index in [4.69, 9.17) is 5.53 Å². The third-order valence-corrected chi connectivity index (χ3v) is 1.88. The van der Waals surface area contributed by atoms with Crippen molar-refractivity contribution in [1.82, 2.24) is 0 Å². The highest BCUT2D eigenvalue weighted by atomic mass is 15.1. The standard InChI is InChI=1S/C11H13N3/c1-10(7-8-13-14-12)9-11-5-3-2-4-6-11/h2-6,9H,7-8H2,1H3/b10-9+. The van der Waals surface area contributed by atoms with E-state index in [2.05, 4.69) is 28.2 Å². The van der Waals surface area contributed by atoms with Gasteiger partial charge in [-0.1, -0.05) is 47.1 Å². The van der Waals surface area contributed by atoms with Gasteiger partial charge in [0.15, 0.2) is 0 Å². The molecule has 0 aromatic heterocycles. The van der Waals surface area contributed by atoms with E-state index in [9.17, 15) is 0 Å². The van der Waals surface area contributed by atoms with Gasteiger partial charge >= 0.3 is 0 Å². The zero-order valence-corrected chi connectivity index (χ0v) is 8.22. The van der Waals surface area contributed by atoms with Gasteiger partial charge in [0, 0.05) is 11.5 Å². The van der Waals surface area contributed by atoms with E-state index >= 15 is 0 Å². The summed E-state index contributed by atoms with van der Waals surface area (Å²) < 4.78 is 0. The van der Waals surface area contributed by atoms with Gasteiger partial charge < -0.3 is 0 Å². The molecule has 1 aromatic rings. The van der Waals surface area contributed by atoms with Crippen molar-refractivity contribution in [2.24, 2.45) is 5.11 Å². The molecule has 1 aromatic carbocycles. The van der Waals surface area contributed by atoms with E-state index < -0.39 is 0 Å². The largest absolute Gasteiger partial charge is 0.0936 e. The Labute approximate surface area is 83.7 Å². The first kappa shape index (κ1) is 10.4. The molecule has 0 spiro atoms. The predicted molar refractivity (Wildman–Crippen MR) is 58.7 cm³/mol. The predicted octanol–water partition coefficient (Wildman–Crippen LogP) is 3.79. The molecule has 0 amide bonds. The highest BCUT2D eigenvalue weighted by Gasteiger charge is 1.89. The molecule has 0 aliphatic heterocycles. The lowest BCUT2D eigenvalue weighted by Crippen LogP contribution is -1.81. The van der Waals surface area contributed by atoms with Crippen molar-refractivity contribution < 1.29 is 0 Å². The minimum absolute atomic E-state index is 0.533. The average molecular weight is 187 g/mol. The normalized spacial score (nSPS) is 10.8. The van der Waals surface area contributed by atoms with E-state index in [0.717, 1.165) is 6.42 Å². The molecule has 0 N–H and O–H groups in total. The summed E-state index contributed by atoms with van der Waals surface area (Å²) in [5.41, 5.74) is 10.5. The van der Waals surface area contributed by atoms with Crippen LogP contribution in [0.25, 0.3) is 16.5 Å². The molecule has 0 heterocycles. The van der Waals surface area contributed by atoms with Crippen molar-refractivity contribution in [2.75, 3.05) is 6.54 Å². The first-order valence-corrected chi connectivity index (χ1v) is 4.56. The lowest BCUT2D eigenvalue weighted by atomic mass is 10.1. The highest BCUT2D eigenvalue weighted by molar-refractivity contribution is 5.51. The van der Waals surface area contributed by atoms with Crippen molar-refractivity contribution in [2.45, 2.75) is 13.3 Å². The van der Waals surface area contributed by atoms with Gasteiger partial charge in [-0.25, -0.2) is 0 Å². The number of nitrogens with zero attached hydrogens (tertiary/aromatic N) is 3. The molecule has 0 aliphatic rings. The Bertz CT molecular complexity index is 348. The number of benzene rings is 1. The van der Waals surface area contributed by atoms with Gasteiger partial charge in [0.25, 0.3) is 0 Å². The van der Waals surface area contributed by atoms with Gasteiger partial charge in [-0.2, -0.15) is 0 Å². The Kier molecular flexibility index (Phi) is 4.32. The molecule has 3 nitrogen and oxygen atoms in total. The maximum absolute atomic E-state index is 8.11. The van der Waals surface area contributed by atoms with Crippen LogP contribution >= 0.6 is 0 Å². The maximum atomic E-state index is 8.11. The van der Waals surface area contributed by atoms with Crippen LogP contribution in [0, 0.1) is 0 Å². The molecule has 14 heavy (non-hydrogen) atoms. The van der Waals surface area contributed by atoms with Crippen LogP contribution in [0.2, 0.25) is 0 Å². The minimum Gasteiger partial charge on any atom is -0.0936 e. The van der Waals surface area contributed by atoms with Crippen LogP contribution in [-0.4, -0.2) is 6.54 Å². The number of rotatable bonds is 4. The van der Waals surface area contributed by atoms with E-state index in [0.29, 0.717) is 6.54 Å². The maximum Gasteiger partial charge on any atom is 0.0295 e. The van der Waals surface area contributed by atoms with Crippen molar-refractivity contribution in [3.05, 3.63) is 51.9 Å². The molecule has 72 valence electrons. The van der Waals surface area contributed by atoms with Crippen LogP contribution in [0.4, 0.5) is 0 Å². The molecule has 0 aliphatic carbocycles. The molecule has 0 saturated carbocycles. The second-order valence-corrected chi connectivity index (χ2v) is 3.11. The van der Waals surface area contributed by atoms with Crippen LogP contribution in [-0.2, 0) is 0 Å². The summed E-state index contributed by atoms with van der Waals surface area (Å²) in [6.07, 6.45) is 2.92. The van der Waals surface area contributed by atoms with Crippen molar-refractivity contribution in [1.29, 1.82) is 0 Å². The van der Waals surface area contributed by atoms with Gasteiger partial charge in [-0.3, -0.25) is 0 Å². The molecule has 3 heteroatoms. The Morgan fingerprint density at radius 2 is 2.14 bits per heavy atom. The topological polar surface area (TPSA) is 48.8 Å². The van der Waals surface area contributed by atoms with Crippen molar-refractivity contribution >= 4 is 6.08 Å². The van der Waals surface area contributed by atoms with Gasteiger partial charge in [0.1, 0.15) is 0 Å². The van der Waals surface area contributed by atoms with Crippen LogP contribution in [0.1, 0.15) is 18.9 Å². The smallest absolute Gasteiger partial charge is 0.0295 e. The third-order valence-electron chi connectivity index (χ3n) is 1.88. The molecule has 0 saturated heterocycles. The van der Waals surface area contributed by atoms with Gasteiger partial charge in [0.05, 0.1) is 0 Å². The zero-order chi connectivity index (χ0) is 10.2. The fourth-order valence-electron chi connectivity index (χ4n) is 1.18. The lowest BCUT2D eigenvalue weighted by Gasteiger charge is -1.97. The fourth-order valence-corrected chi connectivity index (χ4v) is 1.18. The summed E-state index contributed by atoms with van der Waals surface area (Å²) in [6.45, 7) is 2.57. The minimum atomic E-state index is 0.533. The monoisotopic (exact) mass is 187 g/mol. The van der Waals surface area contributed by atoms with E-state index in [1.165, 1.54) is 11.1 Å². The Morgan fingerprint density at radius 1 is 1.43 bits per heavy atom. The second kappa shape index (κ2) is 5.84. The van der Waals surface area contributed by atoms with Crippen molar-refractivity contribution in [3.63, 3.8) is 0 Å². The first-order chi connectivity index (χ1) is 6.83. The average Bonchev–Trinajstić information content (AvgIpc) is 2.20. The SMILES string of the molecule is C/C(=C\c1ccccc1)CCN=[N+]=[N-]. The summed E-state index contributed by atoms with van der Waals surface area (Å²) >= 11 is 0. The summed E-state index contributed by atoms with van der Waals surface area (Å²) in [5, 5.41) is 3.49. The molecule has 0 fully saturated rings. The summed E-state index contributed by atoms with van der Waals surface area (Å²) in [6, 6.07) is 10.1. The van der Waals surface area contributed by atoms with Gasteiger partial charge in [-0.15, -0.1) is 0 Å². The highest BCUT2D eigenvalue weighted by Crippen LogP contribution is 2.08. The molecular formula is C11H13N3. The summed E-state index contributed by atoms with van der Waals surface area (Å²) in [7, 11) is 0. The number of hydrogen-bond acceptors (Lipinski definition) is 1. The van der Waals surface area contributed by atoms with Gasteiger partial charge in [-0.05, 0) is 24.4 Å². The molecular weight excluding hydrogens is 174 g/mol. The van der Waals surface area contributed by atoms with Crippen LogP contribution in [0.3, 0.4) is 0 Å². The van der Waals surface area contributed by atoms with Crippen molar-refractivity contribution in [3.8, 4) is 0 Å². The van der Waals surface area contributed by atoms with E-state index in [1.807, 2.05) is 25.1 Å². The summed E-state index contributed by atoms with van der Waals surface area (Å²) in [5.74, 6) is 0. The number of hydrogen-bond donors (Lipinski definition) is 0. The Hall–Kier alpha value is -1.73. The molecule has 0 radical (unpaired) electrons. The number of azide groups is 1. The first-order valence-electron chi connectivity index (χ1n) is 4.56. The van der Waals surface area contributed by atoms with Crippen LogP contribution in [0.15, 0.2) is 41.0 Å². The second-order valence-electron chi connectivity index (χ2n) is 3.11. The summed E-state index contributed by atoms with van der Waals surface area (Å²) in [4.78, 5) is 2.71. The van der Waals surface area contributed by atoms with E-state index in [1.54, 1.807) is 0 Å². The molecule has 1 rings (SSSR count). The van der Waals surface area contributed by atoms with Crippen LogP contribution in [0.5, 0.6) is 0 Å². The Morgan fingerprint density at radius 3 is 2.79 bits per heavy atom. The lowest BCUT2D eigenvalue weighted by molar-refractivity contribution is 0.945. The molecule has 0 bridgehead atoms. The molecule has 0 unspecified atom stereocenters. The van der Waals surface area contributed by atoms with Crippen LogP contribution < -0.4 is 0 Å².